The van der Waals surface area contributed by atoms with E-state index in [2.05, 4.69) is 5.32 Å². The first kappa shape index (κ1) is 13.7. The summed E-state index contributed by atoms with van der Waals surface area (Å²) >= 11 is 5.88. The third-order valence-corrected chi connectivity index (χ3v) is 3.23. The Kier molecular flexibility index (Phi) is 3.95. The average molecular weight is 283 g/mol. The zero-order chi connectivity index (χ0) is 14.0. The van der Waals surface area contributed by atoms with Crippen LogP contribution in [0.25, 0.3) is 0 Å². The van der Waals surface area contributed by atoms with Crippen LogP contribution in [0.1, 0.15) is 18.4 Å². The fourth-order valence-corrected chi connectivity index (χ4v) is 1.99. The first-order valence-electron chi connectivity index (χ1n) is 6.03. The van der Waals surface area contributed by atoms with Crippen LogP contribution in [0.5, 0.6) is 0 Å². The average Bonchev–Trinajstić information content (AvgIpc) is 3.14. The number of urea groups is 1. The summed E-state index contributed by atoms with van der Waals surface area (Å²) in [6.45, 7) is 1.57. The van der Waals surface area contributed by atoms with E-state index in [1.807, 2.05) is 6.92 Å². The van der Waals surface area contributed by atoms with Crippen molar-refractivity contribution in [3.8, 4) is 0 Å². The molecule has 1 aromatic rings. The summed E-state index contributed by atoms with van der Waals surface area (Å²) in [5.74, 6) is -1.01. The number of rotatable bonds is 4. The molecule has 19 heavy (non-hydrogen) atoms. The number of benzene rings is 1. The number of nitrogens with one attached hydrogen (secondary N) is 1. The number of aryl methyl sites for hydroxylation is 1. The van der Waals surface area contributed by atoms with E-state index in [4.69, 9.17) is 16.7 Å². The molecule has 0 aliphatic heterocycles. The lowest BCUT2D eigenvalue weighted by atomic mass is 10.2. The van der Waals surface area contributed by atoms with Gasteiger partial charge in [0.15, 0.2) is 0 Å². The SMILES string of the molecule is Cc1ccc(Cl)cc1NC(=O)N(CC(=O)O)C1CC1. The molecule has 1 saturated carbocycles. The molecule has 5 nitrogen and oxygen atoms in total. The molecule has 2 rings (SSSR count). The number of nitrogens with zero attached hydrogens (tertiary/aromatic N) is 1. The molecule has 0 unspecified atom stereocenters. The van der Waals surface area contributed by atoms with Crippen LogP contribution in [-0.4, -0.2) is 34.6 Å². The Morgan fingerprint density at radius 2 is 2.16 bits per heavy atom. The van der Waals surface area contributed by atoms with Crippen LogP contribution in [-0.2, 0) is 4.79 Å². The monoisotopic (exact) mass is 282 g/mol. The van der Waals surface area contributed by atoms with Gasteiger partial charge in [0.25, 0.3) is 0 Å². The standard InChI is InChI=1S/C13H15ClN2O3/c1-8-2-3-9(14)6-11(8)15-13(19)16(7-12(17)18)10-4-5-10/h2-3,6,10H,4-5,7H2,1H3,(H,15,19)(H,17,18). The number of amides is 2. The Morgan fingerprint density at radius 1 is 1.47 bits per heavy atom. The highest BCUT2D eigenvalue weighted by Gasteiger charge is 2.34. The summed E-state index contributed by atoms with van der Waals surface area (Å²) in [5.41, 5.74) is 1.48. The van der Waals surface area contributed by atoms with E-state index in [0.29, 0.717) is 10.7 Å². The minimum absolute atomic E-state index is 0.0376. The number of hydrogen-bond acceptors (Lipinski definition) is 2. The highest BCUT2D eigenvalue weighted by molar-refractivity contribution is 6.31. The van der Waals surface area contributed by atoms with Crippen LogP contribution < -0.4 is 5.32 Å². The summed E-state index contributed by atoms with van der Waals surface area (Å²) in [7, 11) is 0. The second-order valence-corrected chi connectivity index (χ2v) is 5.08. The Morgan fingerprint density at radius 3 is 2.74 bits per heavy atom. The fourth-order valence-electron chi connectivity index (χ4n) is 1.81. The van der Waals surface area contributed by atoms with Crippen molar-refractivity contribution in [3.05, 3.63) is 28.8 Å². The maximum Gasteiger partial charge on any atom is 0.323 e. The first-order valence-corrected chi connectivity index (χ1v) is 6.40. The van der Waals surface area contributed by atoms with Crippen molar-refractivity contribution < 1.29 is 14.7 Å². The van der Waals surface area contributed by atoms with E-state index in [9.17, 15) is 9.59 Å². The van der Waals surface area contributed by atoms with Crippen molar-refractivity contribution in [1.82, 2.24) is 4.90 Å². The van der Waals surface area contributed by atoms with Gasteiger partial charge in [-0.05, 0) is 37.5 Å². The van der Waals surface area contributed by atoms with Crippen LogP contribution >= 0.6 is 11.6 Å². The van der Waals surface area contributed by atoms with Gasteiger partial charge in [-0.15, -0.1) is 0 Å². The van der Waals surface area contributed by atoms with Crippen LogP contribution in [0.3, 0.4) is 0 Å². The molecular weight excluding hydrogens is 268 g/mol. The number of hydrogen-bond donors (Lipinski definition) is 2. The van der Waals surface area contributed by atoms with E-state index in [-0.39, 0.29) is 12.6 Å². The minimum atomic E-state index is -1.01. The maximum atomic E-state index is 12.1. The Balaban J connectivity index is 2.10. The second-order valence-electron chi connectivity index (χ2n) is 4.64. The third kappa shape index (κ3) is 3.61. The molecule has 0 radical (unpaired) electrons. The largest absolute Gasteiger partial charge is 0.480 e. The van der Waals surface area contributed by atoms with E-state index in [0.717, 1.165) is 18.4 Å². The number of anilines is 1. The van der Waals surface area contributed by atoms with Crippen LogP contribution in [0.4, 0.5) is 10.5 Å². The molecule has 2 N–H and O–H groups in total. The van der Waals surface area contributed by atoms with Gasteiger partial charge in [-0.2, -0.15) is 0 Å². The summed E-state index contributed by atoms with van der Waals surface area (Å²) in [6, 6.07) is 4.84. The van der Waals surface area contributed by atoms with Crippen molar-refractivity contribution in [2.24, 2.45) is 0 Å². The van der Waals surface area contributed by atoms with Crippen LogP contribution in [0.15, 0.2) is 18.2 Å². The summed E-state index contributed by atoms with van der Waals surface area (Å²) in [6.07, 6.45) is 1.71. The van der Waals surface area contributed by atoms with Crippen molar-refractivity contribution in [2.75, 3.05) is 11.9 Å². The number of carbonyl (C=O) groups is 2. The highest BCUT2D eigenvalue weighted by atomic mass is 35.5. The Labute approximate surface area is 116 Å². The second kappa shape index (κ2) is 5.48. The molecule has 1 fully saturated rings. The lowest BCUT2D eigenvalue weighted by molar-refractivity contribution is -0.137. The molecule has 6 heteroatoms. The van der Waals surface area contributed by atoms with Gasteiger partial charge in [0.1, 0.15) is 6.54 Å². The van der Waals surface area contributed by atoms with Crippen LogP contribution in [0, 0.1) is 6.92 Å². The highest BCUT2D eigenvalue weighted by Crippen LogP contribution is 2.28. The molecule has 2 amide bonds. The molecule has 1 aliphatic rings. The summed E-state index contributed by atoms with van der Waals surface area (Å²) in [4.78, 5) is 24.2. The zero-order valence-electron chi connectivity index (χ0n) is 10.5. The molecule has 0 saturated heterocycles. The summed E-state index contributed by atoms with van der Waals surface area (Å²) in [5, 5.41) is 12.1. The molecule has 0 heterocycles. The maximum absolute atomic E-state index is 12.1. The molecule has 0 spiro atoms. The number of halogens is 1. The van der Waals surface area contributed by atoms with Gasteiger partial charge in [0, 0.05) is 16.8 Å². The quantitative estimate of drug-likeness (QED) is 0.892. The third-order valence-electron chi connectivity index (χ3n) is 3.00. The zero-order valence-corrected chi connectivity index (χ0v) is 11.3. The molecule has 1 aromatic carbocycles. The normalized spacial score (nSPS) is 14.0. The lowest BCUT2D eigenvalue weighted by Gasteiger charge is -2.21. The lowest BCUT2D eigenvalue weighted by Crippen LogP contribution is -2.40. The van der Waals surface area contributed by atoms with Crippen molar-refractivity contribution >= 4 is 29.3 Å². The van der Waals surface area contributed by atoms with Crippen molar-refractivity contribution in [1.29, 1.82) is 0 Å². The Bertz CT molecular complexity index is 515. The number of carbonyl (C=O) groups excluding carboxylic acids is 1. The number of aliphatic carboxylic acids is 1. The van der Waals surface area contributed by atoms with Gasteiger partial charge >= 0.3 is 12.0 Å². The predicted molar refractivity (Wildman–Crippen MR) is 72.6 cm³/mol. The fraction of sp³-hybridized carbons (Fsp3) is 0.385. The predicted octanol–water partition coefficient (Wildman–Crippen LogP) is 2.73. The molecule has 0 bridgehead atoms. The van der Waals surface area contributed by atoms with Gasteiger partial charge in [-0.3, -0.25) is 4.79 Å². The first-order chi connectivity index (χ1) is 8.97. The van der Waals surface area contributed by atoms with Gasteiger partial charge in [-0.25, -0.2) is 4.79 Å². The smallest absolute Gasteiger partial charge is 0.323 e. The van der Waals surface area contributed by atoms with E-state index >= 15 is 0 Å². The van der Waals surface area contributed by atoms with Gasteiger partial charge in [0.2, 0.25) is 0 Å². The Hall–Kier alpha value is -1.75. The molecule has 0 atom stereocenters. The van der Waals surface area contributed by atoms with Crippen molar-refractivity contribution in [2.45, 2.75) is 25.8 Å². The topological polar surface area (TPSA) is 69.6 Å². The van der Waals surface area contributed by atoms with Gasteiger partial charge < -0.3 is 15.3 Å². The van der Waals surface area contributed by atoms with Crippen molar-refractivity contribution in [3.63, 3.8) is 0 Å². The van der Waals surface area contributed by atoms with Crippen LogP contribution in [0.2, 0.25) is 5.02 Å². The minimum Gasteiger partial charge on any atom is -0.480 e. The number of carboxylic acids is 1. The molecule has 102 valence electrons. The number of carboxylic acid groups (broad SMARTS) is 1. The van der Waals surface area contributed by atoms with Gasteiger partial charge in [0.05, 0.1) is 0 Å². The molecular formula is C13H15ClN2O3. The molecule has 1 aliphatic carbocycles. The van der Waals surface area contributed by atoms with E-state index in [1.54, 1.807) is 18.2 Å². The summed E-state index contributed by atoms with van der Waals surface area (Å²) < 4.78 is 0. The van der Waals surface area contributed by atoms with E-state index in [1.165, 1.54) is 4.90 Å². The van der Waals surface area contributed by atoms with E-state index < -0.39 is 12.0 Å². The van der Waals surface area contributed by atoms with Gasteiger partial charge in [-0.1, -0.05) is 17.7 Å². The molecule has 0 aromatic heterocycles.